The Kier molecular flexibility index (Phi) is 7.18. The molecule has 6 aromatic rings. The molecule has 0 aliphatic heterocycles. The molecule has 0 saturated carbocycles. The van der Waals surface area contributed by atoms with Gasteiger partial charge >= 0.3 is 0 Å². The van der Waals surface area contributed by atoms with E-state index in [9.17, 15) is 0 Å². The van der Waals surface area contributed by atoms with Crippen molar-refractivity contribution < 1.29 is 0 Å². The Hall–Kier alpha value is -5.92. The minimum atomic E-state index is -0.400. The van der Waals surface area contributed by atoms with Crippen LogP contribution < -0.4 is 4.90 Å². The zero-order valence-electron chi connectivity index (χ0n) is 32.8. The number of hydrogen-bond donors (Lipinski definition) is 0. The molecule has 0 N–H and O–H groups in total. The van der Waals surface area contributed by atoms with Crippen LogP contribution in [0.15, 0.2) is 181 Å². The SMILES string of the molecule is CC1(C)CCC(C)(C)c2cc(-c3cccc(N(C4=C5C=CC=CC5CC=C4)c4cccc5c4-c4ccccc4C54c5ccccc5-c5ccccc54)c3)ccc21. The molecule has 0 radical (unpaired) electrons. The van der Waals surface area contributed by atoms with Crippen molar-refractivity contribution in [3.63, 3.8) is 0 Å². The highest BCUT2D eigenvalue weighted by Gasteiger charge is 2.52. The summed E-state index contributed by atoms with van der Waals surface area (Å²) in [6.07, 6.45) is 17.3. The fraction of sp³-hybridized carbons (Fsp3) is 0.200. The van der Waals surface area contributed by atoms with E-state index in [1.807, 2.05) is 0 Å². The van der Waals surface area contributed by atoms with Crippen molar-refractivity contribution in [2.45, 2.75) is 63.2 Å². The van der Waals surface area contributed by atoms with Crippen LogP contribution in [0.25, 0.3) is 33.4 Å². The van der Waals surface area contributed by atoms with Gasteiger partial charge in [-0.15, -0.1) is 0 Å². The minimum Gasteiger partial charge on any atom is -0.310 e. The summed E-state index contributed by atoms with van der Waals surface area (Å²) in [7, 11) is 0. The summed E-state index contributed by atoms with van der Waals surface area (Å²) in [6, 6.07) is 51.1. The minimum absolute atomic E-state index is 0.144. The normalized spacial score (nSPS) is 19.5. The molecule has 1 unspecified atom stereocenters. The third-order valence-electron chi connectivity index (χ3n) is 13.9. The highest BCUT2D eigenvalue weighted by atomic mass is 15.2. The van der Waals surface area contributed by atoms with Gasteiger partial charge in [0.1, 0.15) is 0 Å². The fourth-order valence-corrected chi connectivity index (χ4v) is 11.0. The second-order valence-electron chi connectivity index (χ2n) is 17.8. The van der Waals surface area contributed by atoms with Crippen LogP contribution in [0.5, 0.6) is 0 Å². The van der Waals surface area contributed by atoms with Gasteiger partial charge in [-0.05, 0) is 121 Å². The Morgan fingerprint density at radius 1 is 0.518 bits per heavy atom. The zero-order valence-corrected chi connectivity index (χ0v) is 32.8. The van der Waals surface area contributed by atoms with E-state index in [0.29, 0.717) is 5.92 Å². The molecule has 1 nitrogen and oxygen atoms in total. The van der Waals surface area contributed by atoms with E-state index in [4.69, 9.17) is 0 Å². The summed E-state index contributed by atoms with van der Waals surface area (Å²) in [4.78, 5) is 2.58. The monoisotopic (exact) mass is 721 g/mol. The van der Waals surface area contributed by atoms with Gasteiger partial charge in [0.05, 0.1) is 11.1 Å². The molecule has 6 aromatic carbocycles. The molecule has 0 fully saturated rings. The van der Waals surface area contributed by atoms with Crippen molar-refractivity contribution in [2.24, 2.45) is 5.92 Å². The predicted molar refractivity (Wildman–Crippen MR) is 235 cm³/mol. The van der Waals surface area contributed by atoms with E-state index in [1.165, 1.54) is 102 Å². The Morgan fingerprint density at radius 2 is 1.14 bits per heavy atom. The molecule has 0 saturated heterocycles. The lowest BCUT2D eigenvalue weighted by Gasteiger charge is -2.42. The van der Waals surface area contributed by atoms with Gasteiger partial charge < -0.3 is 4.90 Å². The molecule has 1 spiro atoms. The molecule has 5 aliphatic carbocycles. The number of allylic oxidation sites excluding steroid dienone is 7. The van der Waals surface area contributed by atoms with Crippen molar-refractivity contribution in [1.82, 2.24) is 0 Å². The molecular formula is C55H47N. The second kappa shape index (κ2) is 12.0. The second-order valence-corrected chi connectivity index (χ2v) is 17.8. The van der Waals surface area contributed by atoms with Crippen LogP contribution in [0.1, 0.15) is 80.3 Å². The summed E-state index contributed by atoms with van der Waals surface area (Å²) in [5.41, 5.74) is 21.2. The number of fused-ring (bicyclic) bond motifs is 12. The van der Waals surface area contributed by atoms with Crippen molar-refractivity contribution in [2.75, 3.05) is 4.90 Å². The number of benzene rings is 6. The number of nitrogens with zero attached hydrogens (tertiary/aromatic N) is 1. The molecule has 1 heteroatoms. The van der Waals surface area contributed by atoms with E-state index < -0.39 is 5.41 Å². The van der Waals surface area contributed by atoms with Gasteiger partial charge in [-0.2, -0.15) is 0 Å². The fourth-order valence-electron chi connectivity index (χ4n) is 11.0. The van der Waals surface area contributed by atoms with Crippen LogP contribution in [0.4, 0.5) is 11.4 Å². The quantitative estimate of drug-likeness (QED) is 0.175. The lowest BCUT2D eigenvalue weighted by atomic mass is 9.63. The molecule has 5 aliphatic rings. The summed E-state index contributed by atoms with van der Waals surface area (Å²) in [6.45, 7) is 9.68. The zero-order chi connectivity index (χ0) is 37.8. The average Bonchev–Trinajstić information content (AvgIpc) is 3.71. The van der Waals surface area contributed by atoms with Gasteiger partial charge in [0.2, 0.25) is 0 Å². The van der Waals surface area contributed by atoms with Crippen molar-refractivity contribution >= 4 is 11.4 Å². The van der Waals surface area contributed by atoms with Crippen molar-refractivity contribution in [3.05, 3.63) is 215 Å². The van der Waals surface area contributed by atoms with Crippen LogP contribution in [0.2, 0.25) is 0 Å². The van der Waals surface area contributed by atoms with Gasteiger partial charge in [0.25, 0.3) is 0 Å². The Morgan fingerprint density at radius 3 is 1.89 bits per heavy atom. The third-order valence-corrected chi connectivity index (χ3v) is 13.9. The molecule has 1 atom stereocenters. The largest absolute Gasteiger partial charge is 0.310 e. The van der Waals surface area contributed by atoms with Gasteiger partial charge in [0.15, 0.2) is 0 Å². The van der Waals surface area contributed by atoms with Gasteiger partial charge in [-0.25, -0.2) is 0 Å². The van der Waals surface area contributed by atoms with Gasteiger partial charge in [-0.1, -0.05) is 173 Å². The van der Waals surface area contributed by atoms with Crippen LogP contribution >= 0.6 is 0 Å². The summed E-state index contributed by atoms with van der Waals surface area (Å²) in [5.74, 6) is 0.348. The third kappa shape index (κ3) is 4.61. The lowest BCUT2D eigenvalue weighted by Crippen LogP contribution is -2.33. The first-order chi connectivity index (χ1) is 27.3. The highest BCUT2D eigenvalue weighted by Crippen LogP contribution is 2.64. The number of rotatable bonds is 4. The van der Waals surface area contributed by atoms with E-state index in [-0.39, 0.29) is 10.8 Å². The molecule has 0 amide bonds. The van der Waals surface area contributed by atoms with E-state index >= 15 is 0 Å². The summed E-state index contributed by atoms with van der Waals surface area (Å²) in [5, 5.41) is 0. The van der Waals surface area contributed by atoms with Crippen LogP contribution in [-0.2, 0) is 16.2 Å². The first-order valence-electron chi connectivity index (χ1n) is 20.5. The van der Waals surface area contributed by atoms with E-state index in [1.54, 1.807) is 0 Å². The molecule has 0 heterocycles. The van der Waals surface area contributed by atoms with Crippen molar-refractivity contribution in [3.8, 4) is 33.4 Å². The summed E-state index contributed by atoms with van der Waals surface area (Å²) < 4.78 is 0. The number of hydrogen-bond acceptors (Lipinski definition) is 1. The Labute approximate surface area is 332 Å². The Bertz CT molecular complexity index is 2700. The first-order valence-corrected chi connectivity index (χ1v) is 20.5. The molecule has 0 bridgehead atoms. The number of anilines is 2. The van der Waals surface area contributed by atoms with Gasteiger partial charge in [-0.3, -0.25) is 0 Å². The van der Waals surface area contributed by atoms with Crippen LogP contribution in [0.3, 0.4) is 0 Å². The average molecular weight is 722 g/mol. The molecule has 272 valence electrons. The maximum Gasteiger partial charge on any atom is 0.0726 e. The standard InChI is InChI=1S/C55H47N/c1-53(2)32-33-54(3,4)49-35-38(30-31-47(49)53)37-18-13-19-39(34-37)56(50-28-14-17-36-16-5-6-20-40(36)50)51-29-15-27-48-52(51)43-23-9-12-26-46(43)55(48)44-24-10-7-21-41(44)42-22-8-11-25-45(42)55/h5-16,18-31,34-36H,17,32-33H2,1-4H3. The molecule has 0 aromatic heterocycles. The first kappa shape index (κ1) is 33.4. The van der Waals surface area contributed by atoms with E-state index in [0.717, 1.165) is 6.42 Å². The van der Waals surface area contributed by atoms with Crippen molar-refractivity contribution in [1.29, 1.82) is 0 Å². The topological polar surface area (TPSA) is 3.24 Å². The molecule has 56 heavy (non-hydrogen) atoms. The highest BCUT2D eigenvalue weighted by molar-refractivity contribution is 6.00. The maximum absolute atomic E-state index is 2.58. The molecule has 11 rings (SSSR count). The van der Waals surface area contributed by atoms with E-state index in [2.05, 4.69) is 203 Å². The maximum atomic E-state index is 2.58. The lowest BCUT2D eigenvalue weighted by molar-refractivity contribution is 0.332. The summed E-state index contributed by atoms with van der Waals surface area (Å²) >= 11 is 0. The van der Waals surface area contributed by atoms with Crippen LogP contribution in [0, 0.1) is 5.92 Å². The smallest absolute Gasteiger partial charge is 0.0726 e. The van der Waals surface area contributed by atoms with Gasteiger partial charge in [0, 0.05) is 22.9 Å². The van der Waals surface area contributed by atoms with Crippen LogP contribution in [-0.4, -0.2) is 0 Å². The molecular weight excluding hydrogens is 675 g/mol. The predicted octanol–water partition coefficient (Wildman–Crippen LogP) is 14.1. The Balaban J connectivity index is 1.17.